The molecular weight excluding hydrogens is 298 g/mol. The summed E-state index contributed by atoms with van der Waals surface area (Å²) in [4.78, 5) is 27.0. The van der Waals surface area contributed by atoms with Crippen LogP contribution in [0.1, 0.15) is 18.7 Å². The summed E-state index contributed by atoms with van der Waals surface area (Å²) >= 11 is 1.06. The van der Waals surface area contributed by atoms with E-state index in [2.05, 4.69) is 10.3 Å². The minimum Gasteiger partial charge on any atom is -0.426 e. The Morgan fingerprint density at radius 3 is 2.71 bits per heavy atom. The molecule has 0 saturated carbocycles. The van der Waals surface area contributed by atoms with E-state index in [9.17, 15) is 9.59 Å². The van der Waals surface area contributed by atoms with Gasteiger partial charge in [-0.2, -0.15) is 0 Å². The molecule has 0 radical (unpaired) electrons. The second kappa shape index (κ2) is 7.33. The van der Waals surface area contributed by atoms with E-state index >= 15 is 0 Å². The zero-order chi connectivity index (χ0) is 14.5. The molecule has 1 aromatic heterocycles. The van der Waals surface area contributed by atoms with E-state index < -0.39 is 11.9 Å². The number of thiazole rings is 1. The molecule has 21 heavy (non-hydrogen) atoms. The third kappa shape index (κ3) is 4.24. The van der Waals surface area contributed by atoms with Crippen LogP contribution in [-0.4, -0.2) is 27.5 Å². The van der Waals surface area contributed by atoms with Gasteiger partial charge in [0.2, 0.25) is 0 Å². The van der Waals surface area contributed by atoms with E-state index in [-0.39, 0.29) is 18.2 Å². The van der Waals surface area contributed by atoms with Crippen molar-refractivity contribution in [2.24, 2.45) is 0 Å². The van der Waals surface area contributed by atoms with Gasteiger partial charge < -0.3 is 10.2 Å². The van der Waals surface area contributed by atoms with E-state index in [1.807, 2.05) is 5.48 Å². The van der Waals surface area contributed by atoms with E-state index in [4.69, 9.17) is 9.94 Å². The third-order valence-corrected chi connectivity index (χ3v) is 3.04. The van der Waals surface area contributed by atoms with Crippen molar-refractivity contribution in [3.63, 3.8) is 0 Å². The highest BCUT2D eigenvalue weighted by Crippen LogP contribution is 2.24. The van der Waals surface area contributed by atoms with Crippen molar-refractivity contribution in [2.75, 3.05) is 10.8 Å². The predicted octanol–water partition coefficient (Wildman–Crippen LogP) is 1.54. The molecule has 9 heteroatoms. The van der Waals surface area contributed by atoms with Crippen LogP contribution in [0.4, 0.5) is 10.1 Å². The van der Waals surface area contributed by atoms with Gasteiger partial charge in [-0.05, 0) is 12.1 Å². The zero-order valence-corrected chi connectivity index (χ0v) is 11.7. The van der Waals surface area contributed by atoms with Gasteiger partial charge >= 0.3 is 5.97 Å². The van der Waals surface area contributed by atoms with Crippen molar-refractivity contribution in [3.8, 4) is 5.75 Å². The summed E-state index contributed by atoms with van der Waals surface area (Å²) in [6, 6.07) is 6.38. The minimum absolute atomic E-state index is 0. The molecule has 2 rings (SSSR count). The van der Waals surface area contributed by atoms with Crippen LogP contribution >= 0.6 is 11.3 Å². The lowest BCUT2D eigenvalue weighted by molar-refractivity contribution is -0.131. The second-order valence-electron chi connectivity index (χ2n) is 3.69. The monoisotopic (exact) mass is 313 g/mol. The first-order chi connectivity index (χ1) is 9.60. The Labute approximate surface area is 125 Å². The van der Waals surface area contributed by atoms with Crippen LogP contribution in [0.25, 0.3) is 0 Å². The molecule has 8 nitrogen and oxygen atoms in total. The Hall–Kier alpha value is -2.49. The largest absolute Gasteiger partial charge is 0.426 e. The molecule has 0 spiro atoms. The van der Waals surface area contributed by atoms with Crippen molar-refractivity contribution in [1.29, 1.82) is 0 Å². The lowest BCUT2D eigenvalue weighted by Crippen LogP contribution is -2.14. The van der Waals surface area contributed by atoms with Gasteiger partial charge in [0.15, 0.2) is 5.13 Å². The Morgan fingerprint density at radius 2 is 2.10 bits per heavy atom. The van der Waals surface area contributed by atoms with Gasteiger partial charge in [0.05, 0.1) is 11.8 Å². The van der Waals surface area contributed by atoms with Crippen LogP contribution in [0.2, 0.25) is 0 Å². The molecule has 0 unspecified atom stereocenters. The molecule has 0 atom stereocenters. The third-order valence-electron chi connectivity index (χ3n) is 2.22. The fourth-order valence-corrected chi connectivity index (χ4v) is 2.05. The zero-order valence-electron chi connectivity index (χ0n) is 10.9. The predicted molar refractivity (Wildman–Crippen MR) is 79.0 cm³/mol. The number of carbonyl (C=O) groups excluding carboxylic acids is 2. The standard InChI is InChI=1S/C12H11N3O4S.H2O.H2/c1-7(16)19-9-5-3-2-4-8(9)11(17)14-12-13-6-10(15-18)20-12;;/h2-6,15,18H,1H3,(H,13,14,17);1H2;1H. The summed E-state index contributed by atoms with van der Waals surface area (Å²) in [6.45, 7) is 1.26. The summed E-state index contributed by atoms with van der Waals surface area (Å²) < 4.78 is 4.96. The number of anilines is 2. The second-order valence-corrected chi connectivity index (χ2v) is 4.72. The number of rotatable bonds is 4. The highest BCUT2D eigenvalue weighted by Gasteiger charge is 2.15. The number of benzene rings is 1. The maximum atomic E-state index is 12.1. The summed E-state index contributed by atoms with van der Waals surface area (Å²) in [6.07, 6.45) is 1.37. The van der Waals surface area contributed by atoms with Crippen LogP contribution in [0, 0.1) is 0 Å². The summed E-state index contributed by atoms with van der Waals surface area (Å²) in [7, 11) is 0. The van der Waals surface area contributed by atoms with Crippen LogP contribution in [0.3, 0.4) is 0 Å². The lowest BCUT2D eigenvalue weighted by atomic mass is 10.2. The van der Waals surface area contributed by atoms with Gasteiger partial charge in [-0.1, -0.05) is 23.5 Å². The molecule has 0 aliphatic heterocycles. The number of ether oxygens (including phenoxy) is 1. The van der Waals surface area contributed by atoms with Gasteiger partial charge in [-0.15, -0.1) is 0 Å². The summed E-state index contributed by atoms with van der Waals surface area (Å²) in [5, 5.41) is 12.0. The molecule has 0 aliphatic rings. The molecule has 114 valence electrons. The highest BCUT2D eigenvalue weighted by atomic mass is 32.1. The van der Waals surface area contributed by atoms with Gasteiger partial charge in [-0.3, -0.25) is 25.6 Å². The van der Waals surface area contributed by atoms with Crippen LogP contribution < -0.4 is 15.5 Å². The van der Waals surface area contributed by atoms with Crippen molar-refractivity contribution >= 4 is 33.3 Å². The molecule has 2 aromatic rings. The van der Waals surface area contributed by atoms with Crippen LogP contribution in [0.15, 0.2) is 30.5 Å². The van der Waals surface area contributed by atoms with Crippen molar-refractivity contribution in [1.82, 2.24) is 4.98 Å². The van der Waals surface area contributed by atoms with E-state index in [1.165, 1.54) is 25.3 Å². The molecule has 0 saturated heterocycles. The number of para-hydroxylation sites is 1. The van der Waals surface area contributed by atoms with Gasteiger partial charge in [-0.25, -0.2) is 4.98 Å². The highest BCUT2D eigenvalue weighted by molar-refractivity contribution is 7.19. The number of esters is 1. The van der Waals surface area contributed by atoms with E-state index in [0.717, 1.165) is 11.3 Å². The number of nitrogens with one attached hydrogen (secondary N) is 2. The molecule has 1 heterocycles. The Morgan fingerprint density at radius 1 is 1.38 bits per heavy atom. The first-order valence-electron chi connectivity index (χ1n) is 5.55. The SMILES string of the molecule is CC(=O)Oc1ccccc1C(=O)Nc1ncc(NO)s1.O.[HH]. The molecule has 5 N–H and O–H groups in total. The average Bonchev–Trinajstić information content (AvgIpc) is 2.86. The average molecular weight is 313 g/mol. The number of amides is 1. The number of carbonyl (C=O) groups is 2. The number of aromatic nitrogens is 1. The molecule has 0 fully saturated rings. The topological polar surface area (TPSA) is 132 Å². The quantitative estimate of drug-likeness (QED) is 0.445. The first-order valence-corrected chi connectivity index (χ1v) is 6.36. The Balaban J connectivity index is 0.00000220. The molecule has 1 amide bonds. The van der Waals surface area contributed by atoms with Crippen LogP contribution in [-0.2, 0) is 4.79 Å². The summed E-state index contributed by atoms with van der Waals surface area (Å²) in [5.41, 5.74) is 2.15. The molecular formula is C12H15N3O5S. The lowest BCUT2D eigenvalue weighted by Gasteiger charge is -2.07. The van der Waals surface area contributed by atoms with Crippen molar-refractivity contribution in [2.45, 2.75) is 6.92 Å². The number of hydrogen-bond acceptors (Lipinski definition) is 7. The maximum Gasteiger partial charge on any atom is 0.308 e. The van der Waals surface area contributed by atoms with E-state index in [0.29, 0.717) is 10.1 Å². The first kappa shape index (κ1) is 16.6. The van der Waals surface area contributed by atoms with E-state index in [1.54, 1.807) is 12.1 Å². The minimum atomic E-state index is -0.508. The number of nitrogens with zero attached hydrogens (tertiary/aromatic N) is 1. The fourth-order valence-electron chi connectivity index (χ4n) is 1.45. The van der Waals surface area contributed by atoms with Crippen molar-refractivity contribution in [3.05, 3.63) is 36.0 Å². The Kier molecular flexibility index (Phi) is 5.79. The fraction of sp³-hybridized carbons (Fsp3) is 0.0833. The van der Waals surface area contributed by atoms with Crippen molar-refractivity contribution < 1.29 is 26.4 Å². The van der Waals surface area contributed by atoms with Crippen LogP contribution in [0.5, 0.6) is 5.75 Å². The maximum absolute atomic E-state index is 12.1. The molecule has 1 aromatic carbocycles. The van der Waals surface area contributed by atoms with Gasteiger partial charge in [0.1, 0.15) is 10.8 Å². The van der Waals surface area contributed by atoms with Gasteiger partial charge in [0.25, 0.3) is 5.91 Å². The van der Waals surface area contributed by atoms with Gasteiger partial charge in [0, 0.05) is 8.35 Å². The molecule has 0 aliphatic carbocycles. The number of hydrogen-bond donors (Lipinski definition) is 3. The molecule has 0 bridgehead atoms. The smallest absolute Gasteiger partial charge is 0.308 e. The Bertz CT molecular complexity index is 649. The normalized spacial score (nSPS) is 9.43. The summed E-state index contributed by atoms with van der Waals surface area (Å²) in [5.74, 6) is -0.790.